The Bertz CT molecular complexity index is 265. The predicted molar refractivity (Wildman–Crippen MR) is 74.4 cm³/mol. The fourth-order valence-electron chi connectivity index (χ4n) is 2.68. The number of hydrogen-bond donors (Lipinski definition) is 0. The normalized spacial score (nSPS) is 36.9. The predicted octanol–water partition coefficient (Wildman–Crippen LogP) is 4.02. The third-order valence-corrected chi connectivity index (χ3v) is 4.38. The Labute approximate surface area is 112 Å². The molecule has 2 rings (SSSR count). The Morgan fingerprint density at radius 2 is 1.00 bits per heavy atom. The van der Waals surface area contributed by atoms with Gasteiger partial charge >= 0.3 is 0 Å². The molecule has 2 heteroatoms. The zero-order valence-corrected chi connectivity index (χ0v) is 12.4. The number of Topliss-reactive ketones (excluding diaryl/α,β-unsaturated/α-hetero) is 2. The van der Waals surface area contributed by atoms with Gasteiger partial charge in [0.15, 0.2) is 0 Å². The second-order valence-electron chi connectivity index (χ2n) is 6.51. The number of ketones is 2. The summed E-state index contributed by atoms with van der Waals surface area (Å²) in [6.07, 6.45) is 6.35. The molecule has 0 aromatic carbocycles. The van der Waals surface area contributed by atoms with Gasteiger partial charge in [0.05, 0.1) is 0 Å². The average Bonchev–Trinajstić information content (AvgIpc) is 2.30. The fraction of sp³-hybridized carbons (Fsp3) is 0.875. The Hall–Kier alpha value is -0.660. The maximum atomic E-state index is 11.0. The first-order chi connectivity index (χ1) is 8.40. The zero-order chi connectivity index (χ0) is 13.7. The van der Waals surface area contributed by atoms with Gasteiger partial charge in [-0.3, -0.25) is 9.59 Å². The van der Waals surface area contributed by atoms with Crippen LogP contribution in [-0.2, 0) is 9.59 Å². The molecule has 0 radical (unpaired) electrons. The lowest BCUT2D eigenvalue weighted by molar-refractivity contribution is -0.125. The van der Waals surface area contributed by atoms with Crippen LogP contribution in [-0.4, -0.2) is 11.6 Å². The largest absolute Gasteiger partial charge is 0.299 e. The molecule has 0 N–H and O–H groups in total. The maximum absolute atomic E-state index is 11.0. The second-order valence-corrected chi connectivity index (χ2v) is 6.51. The molecule has 0 saturated heterocycles. The van der Waals surface area contributed by atoms with Gasteiger partial charge in [0, 0.05) is 24.7 Å². The summed E-state index contributed by atoms with van der Waals surface area (Å²) in [4.78, 5) is 22.0. The molecule has 2 aliphatic rings. The van der Waals surface area contributed by atoms with Crippen LogP contribution in [0.2, 0.25) is 0 Å². The summed E-state index contributed by atoms with van der Waals surface area (Å²) in [6.45, 7) is 8.38. The lowest BCUT2D eigenvalue weighted by Gasteiger charge is -2.21. The zero-order valence-electron chi connectivity index (χ0n) is 12.4. The van der Waals surface area contributed by atoms with E-state index in [1.807, 2.05) is 13.8 Å². The summed E-state index contributed by atoms with van der Waals surface area (Å²) in [5.41, 5.74) is 0. The van der Waals surface area contributed by atoms with Crippen molar-refractivity contribution in [1.29, 1.82) is 0 Å². The van der Waals surface area contributed by atoms with E-state index in [9.17, 15) is 9.59 Å². The molecule has 0 aliphatic heterocycles. The van der Waals surface area contributed by atoms with Gasteiger partial charge in [0.25, 0.3) is 0 Å². The molecule has 2 nitrogen and oxygen atoms in total. The Balaban J connectivity index is 0.000000180. The van der Waals surface area contributed by atoms with Crippen molar-refractivity contribution in [3.8, 4) is 0 Å². The highest BCUT2D eigenvalue weighted by atomic mass is 16.1. The van der Waals surface area contributed by atoms with E-state index in [0.29, 0.717) is 35.2 Å². The summed E-state index contributed by atoms with van der Waals surface area (Å²) in [7, 11) is 0. The molecule has 0 aromatic rings. The van der Waals surface area contributed by atoms with Crippen molar-refractivity contribution in [3.63, 3.8) is 0 Å². The van der Waals surface area contributed by atoms with Crippen LogP contribution >= 0.6 is 0 Å². The third kappa shape index (κ3) is 4.91. The minimum absolute atomic E-state index is 0.348. The van der Waals surface area contributed by atoms with Crippen molar-refractivity contribution in [3.05, 3.63) is 0 Å². The minimum atomic E-state index is 0.348. The van der Waals surface area contributed by atoms with E-state index in [4.69, 9.17) is 0 Å². The van der Waals surface area contributed by atoms with Gasteiger partial charge in [0.2, 0.25) is 0 Å². The van der Waals surface area contributed by atoms with Crippen molar-refractivity contribution >= 4 is 11.6 Å². The van der Waals surface area contributed by atoms with Crippen LogP contribution in [0, 0.1) is 23.7 Å². The summed E-state index contributed by atoms with van der Waals surface area (Å²) in [5, 5.41) is 0. The number of hydrogen-bond acceptors (Lipinski definition) is 2. The van der Waals surface area contributed by atoms with Crippen LogP contribution < -0.4 is 0 Å². The number of carbonyl (C=O) groups excluding carboxylic acids is 2. The molecule has 4 atom stereocenters. The molecule has 0 heterocycles. The molecule has 0 bridgehead atoms. The van der Waals surface area contributed by atoms with E-state index in [-0.39, 0.29) is 0 Å². The SMILES string of the molecule is C[C@@H]1CC[C@@H](C)C(=O)C1.C[C@@H]1CC[C@H](C)C(=O)C1. The maximum Gasteiger partial charge on any atom is 0.135 e. The van der Waals surface area contributed by atoms with Crippen LogP contribution in [0.5, 0.6) is 0 Å². The molecule has 2 saturated carbocycles. The van der Waals surface area contributed by atoms with Crippen molar-refractivity contribution in [2.75, 3.05) is 0 Å². The Morgan fingerprint density at radius 1 is 0.667 bits per heavy atom. The lowest BCUT2D eigenvalue weighted by atomic mass is 9.83. The van der Waals surface area contributed by atoms with Crippen molar-refractivity contribution in [2.45, 2.75) is 66.2 Å². The molecular formula is C16H28O2. The molecule has 104 valence electrons. The minimum Gasteiger partial charge on any atom is -0.299 e. The summed E-state index contributed by atoms with van der Waals surface area (Å²) >= 11 is 0. The van der Waals surface area contributed by atoms with Crippen molar-refractivity contribution in [2.24, 2.45) is 23.7 Å². The van der Waals surface area contributed by atoms with E-state index in [0.717, 1.165) is 25.7 Å². The highest BCUT2D eigenvalue weighted by Crippen LogP contribution is 2.25. The van der Waals surface area contributed by atoms with Crippen molar-refractivity contribution in [1.82, 2.24) is 0 Å². The van der Waals surface area contributed by atoms with Crippen LogP contribution in [0.15, 0.2) is 0 Å². The molecule has 0 aromatic heterocycles. The van der Waals surface area contributed by atoms with E-state index in [1.165, 1.54) is 12.8 Å². The van der Waals surface area contributed by atoms with Gasteiger partial charge in [-0.05, 0) is 37.5 Å². The molecular weight excluding hydrogens is 224 g/mol. The van der Waals surface area contributed by atoms with Crippen LogP contribution in [0.3, 0.4) is 0 Å². The average molecular weight is 252 g/mol. The molecule has 0 amide bonds. The van der Waals surface area contributed by atoms with E-state index < -0.39 is 0 Å². The van der Waals surface area contributed by atoms with Crippen LogP contribution in [0.4, 0.5) is 0 Å². The highest BCUT2D eigenvalue weighted by molar-refractivity contribution is 5.81. The highest BCUT2D eigenvalue weighted by Gasteiger charge is 2.22. The van der Waals surface area contributed by atoms with Gasteiger partial charge in [-0.2, -0.15) is 0 Å². The van der Waals surface area contributed by atoms with Gasteiger partial charge in [-0.25, -0.2) is 0 Å². The Morgan fingerprint density at radius 3 is 1.22 bits per heavy atom. The first kappa shape index (κ1) is 15.4. The molecule has 18 heavy (non-hydrogen) atoms. The first-order valence-corrected chi connectivity index (χ1v) is 7.45. The lowest BCUT2D eigenvalue weighted by Crippen LogP contribution is -2.20. The monoisotopic (exact) mass is 252 g/mol. The summed E-state index contributed by atoms with van der Waals surface area (Å²) in [6, 6.07) is 0. The summed E-state index contributed by atoms with van der Waals surface area (Å²) in [5.74, 6) is 2.92. The first-order valence-electron chi connectivity index (χ1n) is 7.45. The van der Waals surface area contributed by atoms with Gasteiger partial charge in [-0.1, -0.05) is 27.7 Å². The van der Waals surface area contributed by atoms with Crippen LogP contribution in [0.1, 0.15) is 66.2 Å². The van der Waals surface area contributed by atoms with Gasteiger partial charge < -0.3 is 0 Å². The van der Waals surface area contributed by atoms with E-state index >= 15 is 0 Å². The number of carbonyl (C=O) groups is 2. The van der Waals surface area contributed by atoms with E-state index in [1.54, 1.807) is 0 Å². The second kappa shape index (κ2) is 7.06. The summed E-state index contributed by atoms with van der Waals surface area (Å²) < 4.78 is 0. The molecule has 2 aliphatic carbocycles. The topological polar surface area (TPSA) is 34.1 Å². The third-order valence-electron chi connectivity index (χ3n) is 4.38. The molecule has 0 spiro atoms. The smallest absolute Gasteiger partial charge is 0.135 e. The Kier molecular flexibility index (Phi) is 6.04. The number of rotatable bonds is 0. The van der Waals surface area contributed by atoms with E-state index in [2.05, 4.69) is 13.8 Å². The van der Waals surface area contributed by atoms with Gasteiger partial charge in [0.1, 0.15) is 11.6 Å². The fourth-order valence-corrected chi connectivity index (χ4v) is 2.68. The van der Waals surface area contributed by atoms with Crippen molar-refractivity contribution < 1.29 is 9.59 Å². The quantitative estimate of drug-likeness (QED) is 0.652. The molecule has 2 fully saturated rings. The molecule has 0 unspecified atom stereocenters. The standard InChI is InChI=1S/2C8H14O/c2*1-6-3-4-7(2)8(9)5-6/h2*6-7H,3-5H2,1-2H3/t6-,7+;6-,7-/m11/s1. The van der Waals surface area contributed by atoms with Crippen LogP contribution in [0.25, 0.3) is 0 Å². The van der Waals surface area contributed by atoms with Gasteiger partial charge in [-0.15, -0.1) is 0 Å².